The first-order valence-corrected chi connectivity index (χ1v) is 19.8. The van der Waals surface area contributed by atoms with Crippen LogP contribution in [0.5, 0.6) is 17.2 Å². The van der Waals surface area contributed by atoms with Crippen LogP contribution in [0.25, 0.3) is 11.1 Å². The van der Waals surface area contributed by atoms with Crippen molar-refractivity contribution in [1.29, 1.82) is 0 Å². The van der Waals surface area contributed by atoms with Gasteiger partial charge in [-0.05, 0) is 126 Å². The maximum absolute atomic E-state index is 13.1. The molecule has 0 heterocycles. The molecule has 1 unspecified atom stereocenters. The number of hydrogen-bond acceptors (Lipinski definition) is 6. The van der Waals surface area contributed by atoms with E-state index >= 15 is 0 Å². The lowest BCUT2D eigenvalue weighted by molar-refractivity contribution is 0.201. The Morgan fingerprint density at radius 1 is 0.471 bits per heavy atom. The Balaban J connectivity index is 1.07. The van der Waals surface area contributed by atoms with Gasteiger partial charge in [0.15, 0.2) is 0 Å². The zero-order valence-electron chi connectivity index (χ0n) is 29.0. The summed E-state index contributed by atoms with van der Waals surface area (Å²) in [6.07, 6.45) is 0.465. The molecule has 0 aliphatic heterocycles. The monoisotopic (exact) mass is 716 g/mol. The minimum absolute atomic E-state index is 0.211. The molecule has 6 aromatic rings. The Morgan fingerprint density at radius 2 is 0.824 bits per heavy atom. The fraction of sp³-hybridized carbons (Fsp3) is 0.163. The topological polar surface area (TPSA) is 86.7 Å². The van der Waals surface area contributed by atoms with Gasteiger partial charge in [-0.25, -0.2) is 16.8 Å². The Labute approximate surface area is 301 Å². The minimum atomic E-state index is -3.63. The van der Waals surface area contributed by atoms with Crippen LogP contribution < -0.4 is 9.47 Å². The van der Waals surface area contributed by atoms with Crippen LogP contribution in [-0.2, 0) is 19.7 Å². The molecule has 0 N–H and O–H groups in total. The van der Waals surface area contributed by atoms with Gasteiger partial charge in [-0.2, -0.15) is 0 Å². The van der Waals surface area contributed by atoms with E-state index in [9.17, 15) is 16.8 Å². The second kappa shape index (κ2) is 15.0. The summed E-state index contributed by atoms with van der Waals surface area (Å²) in [5.74, 6) is 2.19. The maximum Gasteiger partial charge on any atom is 0.206 e. The van der Waals surface area contributed by atoms with Gasteiger partial charge in [-0.1, -0.05) is 87.0 Å². The fourth-order valence-electron chi connectivity index (χ4n) is 5.70. The predicted octanol–water partition coefficient (Wildman–Crippen LogP) is 10.8. The van der Waals surface area contributed by atoms with Gasteiger partial charge >= 0.3 is 0 Å². The third kappa shape index (κ3) is 8.08. The fourth-order valence-corrected chi connectivity index (χ4v) is 8.22. The molecule has 6 nitrogen and oxygen atoms in total. The van der Waals surface area contributed by atoms with E-state index in [0.717, 1.165) is 27.8 Å². The predicted molar refractivity (Wildman–Crippen MR) is 201 cm³/mol. The van der Waals surface area contributed by atoms with Crippen molar-refractivity contribution in [3.63, 3.8) is 0 Å². The van der Waals surface area contributed by atoms with Crippen molar-refractivity contribution >= 4 is 19.7 Å². The largest absolute Gasteiger partial charge is 0.486 e. The van der Waals surface area contributed by atoms with E-state index in [-0.39, 0.29) is 25.7 Å². The van der Waals surface area contributed by atoms with Gasteiger partial charge in [0.05, 0.1) is 19.6 Å². The number of benzene rings is 6. The van der Waals surface area contributed by atoms with Gasteiger partial charge in [0.25, 0.3) is 0 Å². The molecule has 0 aliphatic carbocycles. The molecule has 0 spiro atoms. The van der Waals surface area contributed by atoms with Crippen molar-refractivity contribution in [3.05, 3.63) is 162 Å². The quantitative estimate of drug-likeness (QED) is 0.125. The van der Waals surface area contributed by atoms with Crippen molar-refractivity contribution in [2.75, 3.05) is 0 Å². The highest BCUT2D eigenvalue weighted by molar-refractivity contribution is 7.91. The molecule has 1 atom stereocenters. The Morgan fingerprint density at radius 3 is 1.24 bits per heavy atom. The maximum atomic E-state index is 13.1. The summed E-state index contributed by atoms with van der Waals surface area (Å²) in [6.45, 7) is 8.10. The molecular weight excluding hydrogens is 677 g/mol. The van der Waals surface area contributed by atoms with Crippen molar-refractivity contribution < 1.29 is 26.3 Å². The summed E-state index contributed by atoms with van der Waals surface area (Å²) in [5.41, 5.74) is 4.99. The second-order valence-electron chi connectivity index (χ2n) is 12.7. The molecule has 0 amide bonds. The SMILES string of the molecule is CCC(Oc1ccc(-c2ccc(Oc3ccc(S(=O)(=O)c4ccc(C(C)C)cc4)cc3)cc2)cc1)c1ccc(S(=O)(=O)c2ccc(C)cc2)cc1. The Bertz CT molecular complexity index is 2290. The number of rotatable bonds is 12. The first kappa shape index (κ1) is 35.6. The molecule has 0 aromatic heterocycles. The zero-order valence-corrected chi connectivity index (χ0v) is 30.6. The minimum Gasteiger partial charge on any atom is -0.486 e. The summed E-state index contributed by atoms with van der Waals surface area (Å²) < 4.78 is 64.8. The van der Waals surface area contributed by atoms with Crippen molar-refractivity contribution in [3.8, 4) is 28.4 Å². The van der Waals surface area contributed by atoms with E-state index in [1.54, 1.807) is 72.8 Å². The summed E-state index contributed by atoms with van der Waals surface area (Å²) in [4.78, 5) is 0.996. The van der Waals surface area contributed by atoms with Crippen molar-refractivity contribution in [2.45, 2.75) is 65.7 Å². The molecule has 0 saturated heterocycles. The van der Waals surface area contributed by atoms with E-state index in [1.807, 2.05) is 86.6 Å². The van der Waals surface area contributed by atoms with Crippen LogP contribution in [0.15, 0.2) is 165 Å². The average molecular weight is 717 g/mol. The van der Waals surface area contributed by atoms with Crippen molar-refractivity contribution in [2.24, 2.45) is 0 Å². The van der Waals surface area contributed by atoms with Crippen LogP contribution in [-0.4, -0.2) is 16.8 Å². The molecule has 0 fully saturated rings. The normalized spacial score (nSPS) is 12.4. The number of ether oxygens (including phenoxy) is 2. The average Bonchev–Trinajstić information content (AvgIpc) is 3.15. The van der Waals surface area contributed by atoms with Crippen LogP contribution in [0.4, 0.5) is 0 Å². The zero-order chi connectivity index (χ0) is 36.2. The van der Waals surface area contributed by atoms with E-state index in [0.29, 0.717) is 29.6 Å². The first-order valence-electron chi connectivity index (χ1n) is 16.9. The van der Waals surface area contributed by atoms with E-state index < -0.39 is 19.7 Å². The van der Waals surface area contributed by atoms with Crippen molar-refractivity contribution in [1.82, 2.24) is 0 Å². The van der Waals surface area contributed by atoms with Gasteiger partial charge in [-0.3, -0.25) is 0 Å². The highest BCUT2D eigenvalue weighted by Gasteiger charge is 2.20. The molecule has 51 heavy (non-hydrogen) atoms. The smallest absolute Gasteiger partial charge is 0.206 e. The number of sulfone groups is 2. The summed E-state index contributed by atoms with van der Waals surface area (Å²) in [6, 6.07) is 42.7. The highest BCUT2D eigenvalue weighted by Crippen LogP contribution is 2.32. The lowest BCUT2D eigenvalue weighted by Crippen LogP contribution is -2.07. The van der Waals surface area contributed by atoms with Crippen LogP contribution in [0.1, 0.15) is 55.9 Å². The Kier molecular flexibility index (Phi) is 10.5. The Hall–Kier alpha value is -5.18. The molecule has 0 bridgehead atoms. The standard InChI is InChI=1S/C43H40O6S2/c1-5-43(35-14-26-41(27-15-35)50(44,45)39-22-6-31(4)7-23-39)49-38-18-10-34(11-19-38)33-8-16-36(17-9-33)48-37-20-28-42(29-21-37)51(46,47)40-24-12-32(13-25-40)30(2)3/h6-30,43H,5H2,1-4H3. The van der Waals surface area contributed by atoms with E-state index in [1.165, 1.54) is 0 Å². The molecule has 6 rings (SSSR count). The third-order valence-electron chi connectivity index (χ3n) is 8.81. The van der Waals surface area contributed by atoms with Crippen LogP contribution in [0.2, 0.25) is 0 Å². The second-order valence-corrected chi connectivity index (χ2v) is 16.6. The van der Waals surface area contributed by atoms with Crippen LogP contribution >= 0.6 is 0 Å². The van der Waals surface area contributed by atoms with Crippen LogP contribution in [0, 0.1) is 6.92 Å². The van der Waals surface area contributed by atoms with Gasteiger partial charge in [-0.15, -0.1) is 0 Å². The summed E-state index contributed by atoms with van der Waals surface area (Å²) in [5, 5.41) is 0. The van der Waals surface area contributed by atoms with Gasteiger partial charge < -0.3 is 9.47 Å². The first-order chi connectivity index (χ1) is 24.4. The number of aryl methyl sites for hydroxylation is 1. The molecule has 0 aliphatic rings. The molecule has 0 radical (unpaired) electrons. The summed E-state index contributed by atoms with van der Waals surface area (Å²) >= 11 is 0. The number of hydrogen-bond donors (Lipinski definition) is 0. The van der Waals surface area contributed by atoms with Gasteiger partial charge in [0.1, 0.15) is 23.4 Å². The summed E-state index contributed by atoms with van der Waals surface area (Å²) in [7, 11) is -7.24. The molecule has 260 valence electrons. The third-order valence-corrected chi connectivity index (χ3v) is 12.4. The molecule has 0 saturated carbocycles. The molecular formula is C43H40O6S2. The van der Waals surface area contributed by atoms with Crippen LogP contribution in [0.3, 0.4) is 0 Å². The lowest BCUT2D eigenvalue weighted by Gasteiger charge is -2.19. The van der Waals surface area contributed by atoms with Gasteiger partial charge in [0.2, 0.25) is 19.7 Å². The van der Waals surface area contributed by atoms with E-state index in [4.69, 9.17) is 9.47 Å². The highest BCUT2D eigenvalue weighted by atomic mass is 32.2. The van der Waals surface area contributed by atoms with E-state index in [2.05, 4.69) is 13.8 Å². The lowest BCUT2D eigenvalue weighted by atomic mass is 10.0. The molecule has 8 heteroatoms. The molecule has 6 aromatic carbocycles. The van der Waals surface area contributed by atoms with Gasteiger partial charge in [0, 0.05) is 0 Å².